The number of thiophene rings is 1. The maximum atomic E-state index is 12.4. The van der Waals surface area contributed by atoms with Gasteiger partial charge in [0.25, 0.3) is 5.56 Å². The molecule has 4 heterocycles. The summed E-state index contributed by atoms with van der Waals surface area (Å²) < 4.78 is 0. The Bertz CT molecular complexity index is 765. The summed E-state index contributed by atoms with van der Waals surface area (Å²) in [5, 5.41) is 4.45. The molecule has 0 aliphatic carbocycles. The van der Waals surface area contributed by atoms with Crippen molar-refractivity contribution in [3.63, 3.8) is 0 Å². The van der Waals surface area contributed by atoms with Gasteiger partial charge in [-0.1, -0.05) is 0 Å². The average Bonchev–Trinajstić information content (AvgIpc) is 2.94. The van der Waals surface area contributed by atoms with Gasteiger partial charge < -0.3 is 10.3 Å². The SMILES string of the molecule is Cc1sc2nc(CN3CCC4CCC(C3)N4)[nH]c(=O)c2c1C. The van der Waals surface area contributed by atoms with Gasteiger partial charge >= 0.3 is 0 Å². The molecule has 0 spiro atoms. The molecule has 0 radical (unpaired) electrons. The van der Waals surface area contributed by atoms with Crippen LogP contribution in [0, 0.1) is 13.8 Å². The Morgan fingerprint density at radius 3 is 2.95 bits per heavy atom. The summed E-state index contributed by atoms with van der Waals surface area (Å²) in [6.07, 6.45) is 3.78. The Morgan fingerprint density at radius 2 is 2.09 bits per heavy atom. The molecule has 2 bridgehead atoms. The molecule has 2 atom stereocenters. The molecule has 2 N–H and O–H groups in total. The number of aromatic nitrogens is 2. The molecule has 2 fully saturated rings. The first-order valence-corrected chi connectivity index (χ1v) is 8.89. The van der Waals surface area contributed by atoms with Crippen molar-refractivity contribution in [2.45, 2.75) is 51.7 Å². The lowest BCUT2D eigenvalue weighted by atomic mass is 10.1. The molecule has 0 saturated carbocycles. The lowest BCUT2D eigenvalue weighted by Crippen LogP contribution is -2.35. The molecule has 0 amide bonds. The molecule has 4 rings (SSSR count). The highest BCUT2D eigenvalue weighted by atomic mass is 32.1. The van der Waals surface area contributed by atoms with E-state index in [1.54, 1.807) is 11.3 Å². The third-order valence-electron chi connectivity index (χ3n) is 5.07. The fraction of sp³-hybridized carbons (Fsp3) is 0.625. The first kappa shape index (κ1) is 14.4. The van der Waals surface area contributed by atoms with Crippen molar-refractivity contribution >= 4 is 21.6 Å². The summed E-state index contributed by atoms with van der Waals surface area (Å²) in [6.45, 7) is 6.94. The number of aryl methyl sites for hydroxylation is 2. The molecule has 118 valence electrons. The van der Waals surface area contributed by atoms with Gasteiger partial charge in [-0.25, -0.2) is 4.98 Å². The summed E-state index contributed by atoms with van der Waals surface area (Å²) in [7, 11) is 0. The van der Waals surface area contributed by atoms with Crippen LogP contribution in [0.2, 0.25) is 0 Å². The van der Waals surface area contributed by atoms with E-state index in [0.29, 0.717) is 12.1 Å². The van der Waals surface area contributed by atoms with Crippen LogP contribution in [0.1, 0.15) is 35.5 Å². The molecule has 2 aromatic rings. The lowest BCUT2D eigenvalue weighted by molar-refractivity contribution is 0.245. The van der Waals surface area contributed by atoms with Gasteiger partial charge in [-0.05, 0) is 38.7 Å². The average molecular weight is 318 g/mol. The predicted octanol–water partition coefficient (Wildman–Crippen LogP) is 1.93. The zero-order chi connectivity index (χ0) is 15.3. The topological polar surface area (TPSA) is 61.0 Å². The Balaban J connectivity index is 1.60. The number of nitrogens with zero attached hydrogens (tertiary/aromatic N) is 2. The van der Waals surface area contributed by atoms with Gasteiger partial charge in [0.05, 0.1) is 11.9 Å². The molecule has 2 aromatic heterocycles. The fourth-order valence-corrected chi connectivity index (χ4v) is 4.79. The fourth-order valence-electron chi connectivity index (χ4n) is 3.74. The summed E-state index contributed by atoms with van der Waals surface area (Å²) in [4.78, 5) is 24.5. The van der Waals surface area contributed by atoms with Crippen LogP contribution in [0.4, 0.5) is 0 Å². The van der Waals surface area contributed by atoms with Gasteiger partial charge in [0.1, 0.15) is 10.7 Å². The Labute approximate surface area is 133 Å². The van der Waals surface area contributed by atoms with Crippen LogP contribution in [0.25, 0.3) is 10.2 Å². The first-order chi connectivity index (χ1) is 10.6. The van der Waals surface area contributed by atoms with E-state index in [4.69, 9.17) is 4.98 Å². The minimum absolute atomic E-state index is 0.0105. The van der Waals surface area contributed by atoms with Gasteiger partial charge in [0.15, 0.2) is 0 Å². The number of likely N-dealkylation sites (tertiary alicyclic amines) is 1. The second-order valence-electron chi connectivity index (χ2n) is 6.64. The minimum atomic E-state index is 0.0105. The molecule has 22 heavy (non-hydrogen) atoms. The normalized spacial score (nSPS) is 25.7. The van der Waals surface area contributed by atoms with E-state index in [-0.39, 0.29) is 5.56 Å². The number of fused-ring (bicyclic) bond motifs is 3. The zero-order valence-corrected chi connectivity index (χ0v) is 13.9. The summed E-state index contributed by atoms with van der Waals surface area (Å²) >= 11 is 1.62. The number of H-pyrrole nitrogens is 1. The van der Waals surface area contributed by atoms with Crippen LogP contribution >= 0.6 is 11.3 Å². The molecule has 6 heteroatoms. The molecule has 2 aliphatic rings. The zero-order valence-electron chi connectivity index (χ0n) is 13.1. The maximum Gasteiger partial charge on any atom is 0.259 e. The van der Waals surface area contributed by atoms with Crippen molar-refractivity contribution in [3.8, 4) is 0 Å². The van der Waals surface area contributed by atoms with Crippen molar-refractivity contribution in [3.05, 3.63) is 26.6 Å². The van der Waals surface area contributed by atoms with Gasteiger partial charge in [-0.3, -0.25) is 9.69 Å². The largest absolute Gasteiger partial charge is 0.310 e. The van der Waals surface area contributed by atoms with E-state index in [9.17, 15) is 4.79 Å². The molecule has 2 aliphatic heterocycles. The van der Waals surface area contributed by atoms with E-state index in [1.165, 1.54) is 24.1 Å². The standard InChI is InChI=1S/C16H22N4OS/c1-9-10(2)22-16-14(9)15(21)18-13(19-16)8-20-6-5-11-3-4-12(7-20)17-11/h11-12,17H,3-8H2,1-2H3,(H,18,19,21). The van der Waals surface area contributed by atoms with Crippen molar-refractivity contribution in [1.29, 1.82) is 0 Å². The Morgan fingerprint density at radius 1 is 1.27 bits per heavy atom. The minimum Gasteiger partial charge on any atom is -0.310 e. The lowest BCUT2D eigenvalue weighted by Gasteiger charge is -2.23. The van der Waals surface area contributed by atoms with E-state index < -0.39 is 0 Å². The van der Waals surface area contributed by atoms with Gasteiger partial charge in [0, 0.05) is 30.1 Å². The highest BCUT2D eigenvalue weighted by Gasteiger charge is 2.29. The molecular formula is C16H22N4OS. The Kier molecular flexibility index (Phi) is 3.55. The third-order valence-corrected chi connectivity index (χ3v) is 6.17. The maximum absolute atomic E-state index is 12.4. The quantitative estimate of drug-likeness (QED) is 0.888. The number of aromatic amines is 1. The predicted molar refractivity (Wildman–Crippen MR) is 89.6 cm³/mol. The molecular weight excluding hydrogens is 296 g/mol. The first-order valence-electron chi connectivity index (χ1n) is 8.07. The summed E-state index contributed by atoms with van der Waals surface area (Å²) in [6, 6.07) is 1.29. The molecule has 2 unspecified atom stereocenters. The van der Waals surface area contributed by atoms with Crippen LogP contribution in [0.3, 0.4) is 0 Å². The monoisotopic (exact) mass is 318 g/mol. The van der Waals surface area contributed by atoms with Crippen molar-refractivity contribution in [1.82, 2.24) is 20.2 Å². The highest BCUT2D eigenvalue weighted by Crippen LogP contribution is 2.26. The van der Waals surface area contributed by atoms with E-state index in [0.717, 1.165) is 41.2 Å². The van der Waals surface area contributed by atoms with Gasteiger partial charge in [-0.15, -0.1) is 11.3 Å². The summed E-state index contributed by atoms with van der Waals surface area (Å²) in [5.41, 5.74) is 1.08. The number of hydrogen-bond acceptors (Lipinski definition) is 5. The molecule has 5 nitrogen and oxygen atoms in total. The van der Waals surface area contributed by atoms with Crippen LogP contribution in [-0.2, 0) is 6.54 Å². The van der Waals surface area contributed by atoms with E-state index in [2.05, 4.69) is 22.1 Å². The van der Waals surface area contributed by atoms with Crippen molar-refractivity contribution in [2.24, 2.45) is 0 Å². The van der Waals surface area contributed by atoms with Crippen LogP contribution < -0.4 is 10.9 Å². The third kappa shape index (κ3) is 2.49. The smallest absolute Gasteiger partial charge is 0.259 e. The number of nitrogens with one attached hydrogen (secondary N) is 2. The number of rotatable bonds is 2. The van der Waals surface area contributed by atoms with Crippen LogP contribution in [0.5, 0.6) is 0 Å². The van der Waals surface area contributed by atoms with Crippen LogP contribution in [-0.4, -0.2) is 40.0 Å². The number of hydrogen-bond donors (Lipinski definition) is 2. The highest BCUT2D eigenvalue weighted by molar-refractivity contribution is 7.18. The van der Waals surface area contributed by atoms with E-state index >= 15 is 0 Å². The molecule has 0 aromatic carbocycles. The molecule has 2 saturated heterocycles. The van der Waals surface area contributed by atoms with E-state index in [1.807, 2.05) is 6.92 Å². The van der Waals surface area contributed by atoms with Crippen LogP contribution in [0.15, 0.2) is 4.79 Å². The second-order valence-corrected chi connectivity index (χ2v) is 7.84. The van der Waals surface area contributed by atoms with Crippen molar-refractivity contribution < 1.29 is 0 Å². The van der Waals surface area contributed by atoms with Crippen molar-refractivity contribution in [2.75, 3.05) is 13.1 Å². The second kappa shape index (κ2) is 5.44. The van der Waals surface area contributed by atoms with Gasteiger partial charge in [0.2, 0.25) is 0 Å². The Hall–Kier alpha value is -1.24. The van der Waals surface area contributed by atoms with Gasteiger partial charge in [-0.2, -0.15) is 0 Å². The summed E-state index contributed by atoms with van der Waals surface area (Å²) in [5.74, 6) is 0.802.